The lowest BCUT2D eigenvalue weighted by Crippen LogP contribution is -2.44. The maximum Gasteiger partial charge on any atom is 0.125 e. The number of imidazole rings is 1. The van der Waals surface area contributed by atoms with Gasteiger partial charge < -0.3 is 15.0 Å². The third-order valence-electron chi connectivity index (χ3n) is 4.04. The molecule has 0 aliphatic carbocycles. The van der Waals surface area contributed by atoms with Crippen molar-refractivity contribution in [3.05, 3.63) is 30.3 Å². The van der Waals surface area contributed by atoms with Crippen LogP contribution in [0.2, 0.25) is 0 Å². The van der Waals surface area contributed by atoms with Crippen LogP contribution in [0.15, 0.2) is 24.5 Å². The fourth-order valence-electron chi connectivity index (χ4n) is 2.93. The van der Waals surface area contributed by atoms with Gasteiger partial charge in [0.15, 0.2) is 0 Å². The molecule has 1 unspecified atom stereocenters. The Bertz CT molecular complexity index is 584. The molecule has 2 aromatic rings. The number of nitrogens with one attached hydrogen (secondary N) is 1. The van der Waals surface area contributed by atoms with Crippen LogP contribution in [0.5, 0.6) is 0 Å². The number of aliphatic hydroxyl groups excluding tert-OH is 1. The molecular formula is C15H20FN3O. The lowest BCUT2D eigenvalue weighted by molar-refractivity contribution is 0.0909. The van der Waals surface area contributed by atoms with E-state index in [1.165, 1.54) is 12.1 Å². The minimum Gasteiger partial charge on any atom is -0.392 e. The molecule has 20 heavy (non-hydrogen) atoms. The lowest BCUT2D eigenvalue weighted by Gasteiger charge is -2.29. The molecule has 1 aromatic carbocycles. The van der Waals surface area contributed by atoms with Gasteiger partial charge >= 0.3 is 0 Å². The summed E-state index contributed by atoms with van der Waals surface area (Å²) >= 11 is 0. The van der Waals surface area contributed by atoms with Gasteiger partial charge in [-0.25, -0.2) is 9.37 Å². The molecule has 0 spiro atoms. The van der Waals surface area contributed by atoms with E-state index in [0.717, 1.165) is 44.3 Å². The Kier molecular flexibility index (Phi) is 3.98. The van der Waals surface area contributed by atoms with E-state index in [2.05, 4.69) is 10.3 Å². The zero-order chi connectivity index (χ0) is 13.9. The molecule has 0 amide bonds. The third kappa shape index (κ3) is 2.83. The van der Waals surface area contributed by atoms with Gasteiger partial charge in [0.05, 0.1) is 23.5 Å². The van der Waals surface area contributed by atoms with Crippen LogP contribution < -0.4 is 5.32 Å². The quantitative estimate of drug-likeness (QED) is 0.899. The maximum absolute atomic E-state index is 13.1. The number of aryl methyl sites for hydroxylation is 1. The summed E-state index contributed by atoms with van der Waals surface area (Å²) in [6.45, 7) is 1.84. The average molecular weight is 277 g/mol. The Morgan fingerprint density at radius 2 is 2.35 bits per heavy atom. The summed E-state index contributed by atoms with van der Waals surface area (Å²) in [6.07, 6.45) is 5.40. The standard InChI is InChI=1S/C15H20FN3O/c16-11-5-6-14-13(9-11)18-10-19(14)8-2-3-12-15(20)4-1-7-17-12/h5-6,9-10,12,15,17,20H,1-4,7-8H2/t12?,15-/m0/s1. The van der Waals surface area contributed by atoms with Crippen molar-refractivity contribution < 1.29 is 9.50 Å². The van der Waals surface area contributed by atoms with E-state index >= 15 is 0 Å². The first-order chi connectivity index (χ1) is 9.74. The Labute approximate surface area is 117 Å². The van der Waals surface area contributed by atoms with Crippen LogP contribution in [-0.4, -0.2) is 33.3 Å². The molecule has 3 rings (SSSR count). The number of piperidine rings is 1. The molecule has 2 atom stereocenters. The van der Waals surface area contributed by atoms with Crippen molar-refractivity contribution in [1.82, 2.24) is 14.9 Å². The van der Waals surface area contributed by atoms with Crippen molar-refractivity contribution in [2.75, 3.05) is 6.54 Å². The summed E-state index contributed by atoms with van der Waals surface area (Å²) < 4.78 is 15.1. The lowest BCUT2D eigenvalue weighted by atomic mass is 9.97. The van der Waals surface area contributed by atoms with E-state index < -0.39 is 0 Å². The fourth-order valence-corrected chi connectivity index (χ4v) is 2.93. The zero-order valence-electron chi connectivity index (χ0n) is 11.4. The topological polar surface area (TPSA) is 50.1 Å². The van der Waals surface area contributed by atoms with Crippen molar-refractivity contribution in [2.45, 2.75) is 44.4 Å². The van der Waals surface area contributed by atoms with Crippen LogP contribution in [0.1, 0.15) is 25.7 Å². The van der Waals surface area contributed by atoms with Gasteiger partial charge in [0.2, 0.25) is 0 Å². The van der Waals surface area contributed by atoms with Gasteiger partial charge in [-0.3, -0.25) is 0 Å². The van der Waals surface area contributed by atoms with Gasteiger partial charge in [-0.15, -0.1) is 0 Å². The van der Waals surface area contributed by atoms with Crippen LogP contribution in [0.3, 0.4) is 0 Å². The van der Waals surface area contributed by atoms with Crippen LogP contribution in [-0.2, 0) is 6.54 Å². The van der Waals surface area contributed by atoms with E-state index in [9.17, 15) is 9.50 Å². The van der Waals surface area contributed by atoms with Crippen LogP contribution in [0, 0.1) is 5.82 Å². The van der Waals surface area contributed by atoms with Crippen LogP contribution in [0.25, 0.3) is 11.0 Å². The Morgan fingerprint density at radius 1 is 1.45 bits per heavy atom. The van der Waals surface area contributed by atoms with Crippen molar-refractivity contribution in [3.63, 3.8) is 0 Å². The predicted octanol–water partition coefficient (Wildman–Crippen LogP) is 2.07. The normalized spacial score (nSPS) is 23.3. The third-order valence-corrected chi connectivity index (χ3v) is 4.04. The number of aliphatic hydroxyl groups is 1. The molecule has 1 fully saturated rings. The van der Waals surface area contributed by atoms with Crippen molar-refractivity contribution in [3.8, 4) is 0 Å². The van der Waals surface area contributed by atoms with E-state index in [0.29, 0.717) is 5.52 Å². The number of benzene rings is 1. The van der Waals surface area contributed by atoms with Crippen molar-refractivity contribution in [1.29, 1.82) is 0 Å². The Balaban J connectivity index is 1.59. The number of aromatic nitrogens is 2. The van der Waals surface area contributed by atoms with Gasteiger partial charge in [-0.2, -0.15) is 0 Å². The minimum atomic E-state index is -0.253. The van der Waals surface area contributed by atoms with E-state index in [4.69, 9.17) is 0 Å². The second-order valence-corrected chi connectivity index (χ2v) is 5.48. The molecule has 0 bridgehead atoms. The molecular weight excluding hydrogens is 257 g/mol. The summed E-state index contributed by atoms with van der Waals surface area (Å²) in [6, 6.07) is 4.90. The number of nitrogens with zero attached hydrogens (tertiary/aromatic N) is 2. The Morgan fingerprint density at radius 3 is 3.20 bits per heavy atom. The summed E-state index contributed by atoms with van der Waals surface area (Å²) in [5.74, 6) is -0.253. The first kappa shape index (κ1) is 13.5. The number of fused-ring (bicyclic) bond motifs is 1. The smallest absolute Gasteiger partial charge is 0.125 e. The minimum absolute atomic E-state index is 0.205. The SMILES string of the molecule is O[C@H]1CCCNC1CCCn1cnc2cc(F)ccc21. The fraction of sp³-hybridized carbons (Fsp3) is 0.533. The summed E-state index contributed by atoms with van der Waals surface area (Å²) in [7, 11) is 0. The molecule has 0 saturated carbocycles. The molecule has 1 aliphatic rings. The van der Waals surface area contributed by atoms with Gasteiger partial charge in [0.25, 0.3) is 0 Å². The maximum atomic E-state index is 13.1. The van der Waals surface area contributed by atoms with Gasteiger partial charge in [-0.05, 0) is 44.4 Å². The summed E-state index contributed by atoms with van der Waals surface area (Å²) in [5, 5.41) is 13.3. The summed E-state index contributed by atoms with van der Waals surface area (Å²) in [4.78, 5) is 4.22. The molecule has 5 heteroatoms. The van der Waals surface area contributed by atoms with Crippen LogP contribution >= 0.6 is 0 Å². The highest BCUT2D eigenvalue weighted by atomic mass is 19.1. The molecule has 1 saturated heterocycles. The largest absolute Gasteiger partial charge is 0.392 e. The molecule has 4 nitrogen and oxygen atoms in total. The van der Waals surface area contributed by atoms with E-state index in [-0.39, 0.29) is 18.0 Å². The number of rotatable bonds is 4. The monoisotopic (exact) mass is 277 g/mol. The first-order valence-electron chi connectivity index (χ1n) is 7.26. The van der Waals surface area contributed by atoms with Gasteiger partial charge in [-0.1, -0.05) is 0 Å². The van der Waals surface area contributed by atoms with Crippen molar-refractivity contribution in [2.24, 2.45) is 0 Å². The molecule has 1 aromatic heterocycles. The van der Waals surface area contributed by atoms with E-state index in [1.807, 2.05) is 4.57 Å². The van der Waals surface area contributed by atoms with Crippen LogP contribution in [0.4, 0.5) is 4.39 Å². The highest BCUT2D eigenvalue weighted by Crippen LogP contribution is 2.17. The Hall–Kier alpha value is -1.46. The zero-order valence-corrected chi connectivity index (χ0v) is 11.4. The highest BCUT2D eigenvalue weighted by Gasteiger charge is 2.21. The highest BCUT2D eigenvalue weighted by molar-refractivity contribution is 5.75. The first-order valence-corrected chi connectivity index (χ1v) is 7.26. The van der Waals surface area contributed by atoms with E-state index in [1.54, 1.807) is 12.4 Å². The molecule has 108 valence electrons. The molecule has 0 radical (unpaired) electrons. The van der Waals surface area contributed by atoms with Gasteiger partial charge in [0.1, 0.15) is 5.82 Å². The molecule has 1 aliphatic heterocycles. The number of hydrogen-bond donors (Lipinski definition) is 2. The second-order valence-electron chi connectivity index (χ2n) is 5.48. The number of hydrogen-bond acceptors (Lipinski definition) is 3. The average Bonchev–Trinajstić information content (AvgIpc) is 2.83. The molecule has 2 N–H and O–H groups in total. The predicted molar refractivity (Wildman–Crippen MR) is 76.0 cm³/mol. The van der Waals surface area contributed by atoms with Crippen molar-refractivity contribution >= 4 is 11.0 Å². The second kappa shape index (κ2) is 5.89. The number of halogens is 1. The molecule has 2 heterocycles. The van der Waals surface area contributed by atoms with Gasteiger partial charge in [0, 0.05) is 18.7 Å². The summed E-state index contributed by atoms with van der Waals surface area (Å²) in [5.41, 5.74) is 1.66.